The van der Waals surface area contributed by atoms with Crippen molar-refractivity contribution in [2.24, 2.45) is 0 Å². The van der Waals surface area contributed by atoms with Crippen molar-refractivity contribution in [1.82, 2.24) is 0 Å². The first kappa shape index (κ1) is 33.5. The first-order chi connectivity index (χ1) is 21.4. The van der Waals surface area contributed by atoms with Gasteiger partial charge in [-0.3, -0.25) is 9.59 Å². The lowest BCUT2D eigenvalue weighted by molar-refractivity contribution is -0.245. The third-order valence-electron chi connectivity index (χ3n) is 7.41. The minimum Gasteiger partial charge on any atom is -0.397 e. The summed E-state index contributed by atoms with van der Waals surface area (Å²) in [5, 5.41) is 24.4. The highest BCUT2D eigenvalue weighted by Crippen LogP contribution is 2.39. The standard InChI is InChI=1S/C34H43N3O6S/c35-29-7-5-6-8-30(29)37-33(41)10-4-2-1-3-9-32(40)36-27-17-15-26(16-18-27)34-42-28(23-44-20-19-38)21-31(43-34)25-13-11-24(22-39)12-14-25/h5-8,11-18,28,31,34,38-39H,1-4,9-10,19-23,35H2,(H,36,40)(H,37,41)/t28-,31+,34+/m0/s1. The highest BCUT2D eigenvalue weighted by atomic mass is 32.2. The number of anilines is 3. The number of benzene rings is 3. The van der Waals surface area contributed by atoms with Gasteiger partial charge in [0.2, 0.25) is 11.8 Å². The summed E-state index contributed by atoms with van der Waals surface area (Å²) in [5.74, 6) is 1.29. The molecule has 1 fully saturated rings. The van der Waals surface area contributed by atoms with E-state index in [1.54, 1.807) is 23.9 Å². The van der Waals surface area contributed by atoms with Crippen LogP contribution in [0.4, 0.5) is 17.1 Å². The Morgan fingerprint density at radius 3 is 2.14 bits per heavy atom. The SMILES string of the molecule is Nc1ccccc1NC(=O)CCCCCCC(=O)Nc1ccc([C@@H]2O[C@H](CSCCO)C[C@H](c3ccc(CO)cc3)O2)cc1. The fraction of sp³-hybridized carbons (Fsp3) is 0.412. The lowest BCUT2D eigenvalue weighted by Crippen LogP contribution is -2.31. The quantitative estimate of drug-likeness (QED) is 0.0976. The van der Waals surface area contributed by atoms with E-state index < -0.39 is 6.29 Å². The molecule has 0 radical (unpaired) electrons. The zero-order valence-corrected chi connectivity index (χ0v) is 25.8. The maximum absolute atomic E-state index is 12.5. The molecule has 6 N–H and O–H groups in total. The summed E-state index contributed by atoms with van der Waals surface area (Å²) in [6.45, 7) is 0.119. The van der Waals surface area contributed by atoms with Crippen LogP contribution in [0, 0.1) is 0 Å². The second-order valence-electron chi connectivity index (χ2n) is 10.9. The Balaban J connectivity index is 1.20. The number of aliphatic hydroxyl groups excluding tert-OH is 2. The zero-order chi connectivity index (χ0) is 31.1. The van der Waals surface area contributed by atoms with E-state index in [4.69, 9.17) is 15.2 Å². The third kappa shape index (κ3) is 10.6. The molecule has 1 aliphatic heterocycles. The zero-order valence-electron chi connectivity index (χ0n) is 25.0. The molecule has 236 valence electrons. The highest BCUT2D eigenvalue weighted by molar-refractivity contribution is 7.99. The summed E-state index contributed by atoms with van der Waals surface area (Å²) in [5.41, 5.74) is 10.5. The number of para-hydroxylation sites is 2. The van der Waals surface area contributed by atoms with Gasteiger partial charge in [-0.05, 0) is 48.2 Å². The van der Waals surface area contributed by atoms with Gasteiger partial charge in [0.15, 0.2) is 6.29 Å². The molecule has 0 saturated carbocycles. The van der Waals surface area contributed by atoms with Gasteiger partial charge >= 0.3 is 0 Å². The Hall–Kier alpha value is -3.41. The summed E-state index contributed by atoms with van der Waals surface area (Å²) in [7, 11) is 0. The summed E-state index contributed by atoms with van der Waals surface area (Å²) in [6, 6.07) is 22.5. The van der Waals surface area contributed by atoms with Crippen LogP contribution in [0.1, 0.15) is 74.0 Å². The van der Waals surface area contributed by atoms with Crippen LogP contribution in [-0.2, 0) is 25.7 Å². The van der Waals surface area contributed by atoms with Crippen molar-refractivity contribution < 1.29 is 29.3 Å². The fourth-order valence-corrected chi connectivity index (χ4v) is 5.77. The Morgan fingerprint density at radius 2 is 1.48 bits per heavy atom. The first-order valence-corrected chi connectivity index (χ1v) is 16.3. The number of nitrogens with two attached hydrogens (primary N) is 1. The minimum atomic E-state index is -0.567. The van der Waals surface area contributed by atoms with E-state index in [0.717, 1.165) is 48.1 Å². The molecule has 0 aliphatic carbocycles. The first-order valence-electron chi connectivity index (χ1n) is 15.2. The van der Waals surface area contributed by atoms with E-state index in [2.05, 4.69) is 10.6 Å². The Labute approximate surface area is 263 Å². The minimum absolute atomic E-state index is 0.00689. The van der Waals surface area contributed by atoms with Crippen molar-refractivity contribution in [3.63, 3.8) is 0 Å². The molecule has 0 bridgehead atoms. The molecule has 9 nitrogen and oxygen atoms in total. The molecule has 1 aliphatic rings. The highest BCUT2D eigenvalue weighted by Gasteiger charge is 2.32. The van der Waals surface area contributed by atoms with Crippen molar-refractivity contribution in [1.29, 1.82) is 0 Å². The normalized spacial score (nSPS) is 18.1. The largest absolute Gasteiger partial charge is 0.397 e. The van der Waals surface area contributed by atoms with E-state index in [-0.39, 0.29) is 37.2 Å². The monoisotopic (exact) mass is 621 g/mol. The van der Waals surface area contributed by atoms with Gasteiger partial charge in [0.05, 0.1) is 36.8 Å². The molecular weight excluding hydrogens is 578 g/mol. The second-order valence-corrected chi connectivity index (χ2v) is 12.0. The number of rotatable bonds is 16. The van der Waals surface area contributed by atoms with Crippen molar-refractivity contribution in [3.05, 3.63) is 89.5 Å². The van der Waals surface area contributed by atoms with Gasteiger partial charge in [-0.1, -0.05) is 61.4 Å². The van der Waals surface area contributed by atoms with Gasteiger partial charge < -0.3 is 36.1 Å². The molecule has 0 unspecified atom stereocenters. The van der Waals surface area contributed by atoms with Crippen molar-refractivity contribution in [2.45, 2.75) is 70.1 Å². The summed E-state index contributed by atoms with van der Waals surface area (Å²) in [4.78, 5) is 24.7. The van der Waals surface area contributed by atoms with E-state index in [1.807, 2.05) is 60.7 Å². The van der Waals surface area contributed by atoms with E-state index in [0.29, 0.717) is 42.1 Å². The van der Waals surface area contributed by atoms with Crippen LogP contribution in [0.25, 0.3) is 0 Å². The van der Waals surface area contributed by atoms with Gasteiger partial charge in [-0.25, -0.2) is 0 Å². The molecule has 1 saturated heterocycles. The molecule has 44 heavy (non-hydrogen) atoms. The van der Waals surface area contributed by atoms with Crippen molar-refractivity contribution in [3.8, 4) is 0 Å². The Bertz CT molecular complexity index is 1320. The number of thioether (sulfide) groups is 1. The topological polar surface area (TPSA) is 143 Å². The fourth-order valence-electron chi connectivity index (χ4n) is 5.00. The number of unbranched alkanes of at least 4 members (excludes halogenated alkanes) is 3. The molecule has 3 atom stereocenters. The third-order valence-corrected chi connectivity index (χ3v) is 8.49. The summed E-state index contributed by atoms with van der Waals surface area (Å²) in [6.07, 6.45) is 3.97. The van der Waals surface area contributed by atoms with Gasteiger partial charge in [0.25, 0.3) is 0 Å². The number of carbonyl (C=O) groups excluding carboxylic acids is 2. The number of nitrogen functional groups attached to an aromatic ring is 1. The molecule has 2 amide bonds. The number of aliphatic hydroxyl groups is 2. The van der Waals surface area contributed by atoms with Gasteiger partial charge in [-0.15, -0.1) is 0 Å². The Morgan fingerprint density at radius 1 is 0.818 bits per heavy atom. The van der Waals surface area contributed by atoms with Gasteiger partial charge in [-0.2, -0.15) is 11.8 Å². The molecule has 1 heterocycles. The van der Waals surface area contributed by atoms with Crippen LogP contribution in [0.2, 0.25) is 0 Å². The van der Waals surface area contributed by atoms with Crippen LogP contribution in [0.3, 0.4) is 0 Å². The maximum Gasteiger partial charge on any atom is 0.224 e. The molecule has 3 aromatic rings. The second kappa shape index (κ2) is 17.8. The van der Waals surface area contributed by atoms with Crippen molar-refractivity contribution in [2.75, 3.05) is 34.5 Å². The van der Waals surface area contributed by atoms with Crippen LogP contribution < -0.4 is 16.4 Å². The number of ether oxygens (including phenoxy) is 2. The van der Waals surface area contributed by atoms with Crippen LogP contribution >= 0.6 is 11.8 Å². The number of carbonyl (C=O) groups is 2. The maximum atomic E-state index is 12.5. The number of hydrogen-bond acceptors (Lipinski definition) is 8. The number of hydrogen-bond donors (Lipinski definition) is 5. The van der Waals surface area contributed by atoms with E-state index in [1.165, 1.54) is 0 Å². The predicted octanol–water partition coefficient (Wildman–Crippen LogP) is 5.95. The van der Waals surface area contributed by atoms with Gasteiger partial charge in [0.1, 0.15) is 0 Å². The molecular formula is C34H43N3O6S. The predicted molar refractivity (Wildman–Crippen MR) is 175 cm³/mol. The molecule has 3 aromatic carbocycles. The number of nitrogens with one attached hydrogen (secondary N) is 2. The van der Waals surface area contributed by atoms with Crippen LogP contribution in [0.15, 0.2) is 72.8 Å². The molecule has 10 heteroatoms. The van der Waals surface area contributed by atoms with Crippen LogP contribution in [-0.4, -0.2) is 46.2 Å². The summed E-state index contributed by atoms with van der Waals surface area (Å²) < 4.78 is 12.7. The number of amides is 2. The van der Waals surface area contributed by atoms with Gasteiger partial charge in [0, 0.05) is 42.0 Å². The smallest absolute Gasteiger partial charge is 0.224 e. The molecule has 4 rings (SSSR count). The lowest BCUT2D eigenvalue weighted by Gasteiger charge is -2.36. The van der Waals surface area contributed by atoms with Crippen molar-refractivity contribution >= 4 is 40.6 Å². The Kier molecular flexibility index (Phi) is 13.5. The average molecular weight is 622 g/mol. The lowest BCUT2D eigenvalue weighted by atomic mass is 10.0. The van der Waals surface area contributed by atoms with Crippen LogP contribution in [0.5, 0.6) is 0 Å². The summed E-state index contributed by atoms with van der Waals surface area (Å²) >= 11 is 1.65. The van der Waals surface area contributed by atoms with E-state index in [9.17, 15) is 19.8 Å². The molecule has 0 aromatic heterocycles. The molecule has 0 spiro atoms. The van der Waals surface area contributed by atoms with E-state index >= 15 is 0 Å². The average Bonchev–Trinajstić information content (AvgIpc) is 3.04.